The highest BCUT2D eigenvalue weighted by Gasteiger charge is 2.20. The van der Waals surface area contributed by atoms with Gasteiger partial charge < -0.3 is 10.2 Å². The first kappa shape index (κ1) is 14.6. The van der Waals surface area contributed by atoms with Crippen LogP contribution in [0.1, 0.15) is 17.7 Å². The normalized spacial score (nSPS) is 13.9. The number of aryl methyl sites for hydroxylation is 3. The van der Waals surface area contributed by atoms with Crippen molar-refractivity contribution in [1.82, 2.24) is 9.78 Å². The Hall–Kier alpha value is -2.37. The molecule has 0 saturated carbocycles. The maximum atomic E-state index is 13.3. The summed E-state index contributed by atoms with van der Waals surface area (Å²) in [7, 11) is 1.79. The number of hydrogen-bond acceptors (Lipinski definition) is 3. The van der Waals surface area contributed by atoms with Crippen LogP contribution in [-0.4, -0.2) is 28.8 Å². The fourth-order valence-electron chi connectivity index (χ4n) is 2.89. The summed E-state index contributed by atoms with van der Waals surface area (Å²) < 4.78 is 15.0. The molecule has 1 aromatic carbocycles. The molecule has 0 saturated heterocycles. The van der Waals surface area contributed by atoms with Gasteiger partial charge in [-0.3, -0.25) is 9.48 Å². The van der Waals surface area contributed by atoms with E-state index in [0.29, 0.717) is 5.82 Å². The average Bonchev–Trinajstić information content (AvgIpc) is 2.76. The number of fused-ring (bicyclic) bond motifs is 1. The minimum atomic E-state index is -0.226. The number of hydrogen-bond donors (Lipinski definition) is 1. The van der Waals surface area contributed by atoms with Crippen LogP contribution in [0.4, 0.5) is 15.9 Å². The van der Waals surface area contributed by atoms with Crippen molar-refractivity contribution >= 4 is 17.4 Å². The maximum absolute atomic E-state index is 13.3. The van der Waals surface area contributed by atoms with Gasteiger partial charge >= 0.3 is 0 Å². The van der Waals surface area contributed by atoms with E-state index in [1.54, 1.807) is 23.9 Å². The zero-order valence-electron chi connectivity index (χ0n) is 12.8. The highest BCUT2D eigenvalue weighted by atomic mass is 19.1. The molecule has 1 aliphatic rings. The minimum absolute atomic E-state index is 0.0971. The molecule has 1 amide bonds. The van der Waals surface area contributed by atoms with Crippen LogP contribution in [0.2, 0.25) is 0 Å². The van der Waals surface area contributed by atoms with E-state index in [1.165, 1.54) is 6.07 Å². The molecule has 0 atom stereocenters. The molecule has 0 unspecified atom stereocenters. The van der Waals surface area contributed by atoms with Gasteiger partial charge in [-0.25, -0.2) is 4.39 Å². The minimum Gasteiger partial charge on any atom is -0.362 e. The number of benzene rings is 1. The van der Waals surface area contributed by atoms with Gasteiger partial charge in [-0.2, -0.15) is 5.10 Å². The van der Waals surface area contributed by atoms with Crippen molar-refractivity contribution in [2.45, 2.75) is 19.8 Å². The van der Waals surface area contributed by atoms with E-state index in [2.05, 4.69) is 10.4 Å². The standard InChI is InChI=1S/C16H19FN4O/c1-11-8-15(20(2)19-11)18-16(22)10-21-7-3-4-12-9-13(17)5-6-14(12)21/h5-6,8-9H,3-4,7,10H2,1-2H3,(H,18,22). The molecular weight excluding hydrogens is 283 g/mol. The lowest BCUT2D eigenvalue weighted by Gasteiger charge is -2.30. The molecule has 0 bridgehead atoms. The van der Waals surface area contributed by atoms with Crippen molar-refractivity contribution in [3.8, 4) is 0 Å². The van der Waals surface area contributed by atoms with Crippen LogP contribution >= 0.6 is 0 Å². The Kier molecular flexibility index (Phi) is 3.83. The Labute approximate surface area is 128 Å². The maximum Gasteiger partial charge on any atom is 0.245 e. The van der Waals surface area contributed by atoms with Gasteiger partial charge in [-0.15, -0.1) is 0 Å². The highest BCUT2D eigenvalue weighted by Crippen LogP contribution is 2.27. The van der Waals surface area contributed by atoms with Crippen molar-refractivity contribution in [3.05, 3.63) is 41.3 Å². The highest BCUT2D eigenvalue weighted by molar-refractivity contribution is 5.93. The van der Waals surface area contributed by atoms with Crippen LogP contribution in [0.5, 0.6) is 0 Å². The molecule has 0 spiro atoms. The molecule has 0 radical (unpaired) electrons. The second-order valence-corrected chi connectivity index (χ2v) is 5.64. The molecule has 0 aliphatic carbocycles. The third-order valence-corrected chi connectivity index (χ3v) is 3.86. The Morgan fingerprint density at radius 3 is 2.95 bits per heavy atom. The number of halogens is 1. The summed E-state index contributed by atoms with van der Waals surface area (Å²) in [4.78, 5) is 14.2. The fraction of sp³-hybridized carbons (Fsp3) is 0.375. The summed E-state index contributed by atoms with van der Waals surface area (Å²) >= 11 is 0. The molecule has 2 aromatic rings. The number of carbonyl (C=O) groups excluding carboxylic acids is 1. The lowest BCUT2D eigenvalue weighted by atomic mass is 10.0. The first-order valence-corrected chi connectivity index (χ1v) is 7.37. The summed E-state index contributed by atoms with van der Waals surface area (Å²) in [5.74, 6) is 0.356. The zero-order chi connectivity index (χ0) is 15.7. The number of aromatic nitrogens is 2. The number of nitrogens with one attached hydrogen (secondary N) is 1. The van der Waals surface area contributed by atoms with E-state index in [4.69, 9.17) is 0 Å². The van der Waals surface area contributed by atoms with Crippen molar-refractivity contribution in [2.75, 3.05) is 23.3 Å². The molecule has 2 heterocycles. The van der Waals surface area contributed by atoms with E-state index in [1.807, 2.05) is 17.9 Å². The summed E-state index contributed by atoms with van der Waals surface area (Å²) in [6, 6.07) is 6.59. The van der Waals surface area contributed by atoms with Gasteiger partial charge in [0.15, 0.2) is 0 Å². The van der Waals surface area contributed by atoms with Crippen LogP contribution in [0.25, 0.3) is 0 Å². The third-order valence-electron chi connectivity index (χ3n) is 3.86. The van der Waals surface area contributed by atoms with Crippen LogP contribution in [-0.2, 0) is 18.3 Å². The van der Waals surface area contributed by atoms with Gasteiger partial charge in [-0.1, -0.05) is 0 Å². The quantitative estimate of drug-likeness (QED) is 0.946. The van der Waals surface area contributed by atoms with E-state index >= 15 is 0 Å². The van der Waals surface area contributed by atoms with Crippen molar-refractivity contribution in [2.24, 2.45) is 7.05 Å². The van der Waals surface area contributed by atoms with E-state index in [0.717, 1.165) is 36.3 Å². The zero-order valence-corrected chi connectivity index (χ0v) is 12.8. The number of anilines is 2. The van der Waals surface area contributed by atoms with Crippen molar-refractivity contribution in [3.63, 3.8) is 0 Å². The fourth-order valence-corrected chi connectivity index (χ4v) is 2.89. The first-order chi connectivity index (χ1) is 10.5. The first-order valence-electron chi connectivity index (χ1n) is 7.37. The third kappa shape index (κ3) is 2.95. The Morgan fingerprint density at radius 2 is 2.23 bits per heavy atom. The topological polar surface area (TPSA) is 50.2 Å². The number of carbonyl (C=O) groups is 1. The SMILES string of the molecule is Cc1cc(NC(=O)CN2CCCc3cc(F)ccc32)n(C)n1. The molecule has 5 nitrogen and oxygen atoms in total. The summed E-state index contributed by atoms with van der Waals surface area (Å²) in [5, 5.41) is 7.07. The van der Waals surface area contributed by atoms with Crippen LogP contribution in [0.15, 0.2) is 24.3 Å². The Bertz CT molecular complexity index is 710. The van der Waals surface area contributed by atoms with Crippen molar-refractivity contribution < 1.29 is 9.18 Å². The van der Waals surface area contributed by atoms with Gasteiger partial charge in [0.1, 0.15) is 11.6 Å². The monoisotopic (exact) mass is 302 g/mol. The largest absolute Gasteiger partial charge is 0.362 e. The predicted octanol–water partition coefficient (Wildman–Crippen LogP) is 2.26. The van der Waals surface area contributed by atoms with Gasteiger partial charge in [0.2, 0.25) is 5.91 Å². The summed E-state index contributed by atoms with van der Waals surface area (Å²) in [6.45, 7) is 2.93. The summed E-state index contributed by atoms with van der Waals surface area (Å²) in [6.07, 6.45) is 1.78. The van der Waals surface area contributed by atoms with E-state index in [9.17, 15) is 9.18 Å². The van der Waals surface area contributed by atoms with E-state index < -0.39 is 0 Å². The molecule has 1 N–H and O–H groups in total. The van der Waals surface area contributed by atoms with Crippen LogP contribution < -0.4 is 10.2 Å². The van der Waals surface area contributed by atoms with Crippen LogP contribution in [0, 0.1) is 12.7 Å². The molecule has 6 heteroatoms. The second kappa shape index (κ2) is 5.79. The molecule has 0 fully saturated rings. The number of nitrogens with zero attached hydrogens (tertiary/aromatic N) is 3. The van der Waals surface area contributed by atoms with Crippen LogP contribution in [0.3, 0.4) is 0 Å². The lowest BCUT2D eigenvalue weighted by molar-refractivity contribution is -0.115. The number of amides is 1. The second-order valence-electron chi connectivity index (χ2n) is 5.64. The lowest BCUT2D eigenvalue weighted by Crippen LogP contribution is -2.37. The van der Waals surface area contributed by atoms with E-state index in [-0.39, 0.29) is 18.3 Å². The van der Waals surface area contributed by atoms with Crippen molar-refractivity contribution in [1.29, 1.82) is 0 Å². The summed E-state index contributed by atoms with van der Waals surface area (Å²) in [5.41, 5.74) is 2.77. The Morgan fingerprint density at radius 1 is 1.41 bits per heavy atom. The van der Waals surface area contributed by atoms with Gasteiger partial charge in [0, 0.05) is 25.3 Å². The average molecular weight is 302 g/mol. The molecule has 22 heavy (non-hydrogen) atoms. The smallest absolute Gasteiger partial charge is 0.245 e. The number of rotatable bonds is 3. The Balaban J connectivity index is 1.71. The molecule has 1 aromatic heterocycles. The van der Waals surface area contributed by atoms with Gasteiger partial charge in [0.25, 0.3) is 0 Å². The van der Waals surface area contributed by atoms with Gasteiger partial charge in [0.05, 0.1) is 12.2 Å². The predicted molar refractivity (Wildman–Crippen MR) is 83.5 cm³/mol. The molecule has 116 valence electrons. The molecule has 3 rings (SSSR count). The molecule has 1 aliphatic heterocycles. The van der Waals surface area contributed by atoms with Gasteiger partial charge in [-0.05, 0) is 43.5 Å². The molecular formula is C16H19FN4O.